The third kappa shape index (κ3) is 3.24. The van der Waals surface area contributed by atoms with Crippen LogP contribution in [-0.2, 0) is 4.79 Å². The molecule has 2 aliphatic rings. The van der Waals surface area contributed by atoms with Gasteiger partial charge in [0.25, 0.3) is 0 Å². The van der Waals surface area contributed by atoms with E-state index < -0.39 is 11.5 Å². The number of hydrogen-bond donors (Lipinski definition) is 0. The largest absolute Gasteiger partial charge is 1.00 e. The third-order valence-electron chi connectivity index (χ3n) is 4.41. The normalized spacial score (nSPS) is 24.0. The number of aliphatic carboxylic acids is 1. The summed E-state index contributed by atoms with van der Waals surface area (Å²) >= 11 is 5.93. The first-order valence-corrected chi connectivity index (χ1v) is 7.37. The smallest absolute Gasteiger partial charge is 0.548 e. The van der Waals surface area contributed by atoms with Gasteiger partial charge in [0.1, 0.15) is 11.9 Å². The van der Waals surface area contributed by atoms with E-state index in [0.717, 1.165) is 25.1 Å². The molecule has 4 nitrogen and oxygen atoms in total. The molecule has 1 aromatic rings. The molecule has 1 saturated carbocycles. The first-order chi connectivity index (χ1) is 9.60. The molecular weight excluding hydrogens is 285 g/mol. The van der Waals surface area contributed by atoms with Gasteiger partial charge in [-0.3, -0.25) is 4.90 Å². The van der Waals surface area contributed by atoms with Gasteiger partial charge < -0.3 is 14.6 Å². The number of likely N-dealkylation sites (tertiary alicyclic amines) is 1. The van der Waals surface area contributed by atoms with Crippen LogP contribution in [0.4, 0.5) is 0 Å². The number of nitrogens with zero attached hydrogens (tertiary/aromatic N) is 1. The fourth-order valence-electron chi connectivity index (χ4n) is 3.11. The first kappa shape index (κ1) is 16.7. The van der Waals surface area contributed by atoms with Crippen LogP contribution >= 0.6 is 11.6 Å². The van der Waals surface area contributed by atoms with Crippen LogP contribution in [0.15, 0.2) is 24.3 Å². The number of carbonyl (C=O) groups is 1. The van der Waals surface area contributed by atoms with Crippen molar-refractivity contribution >= 4 is 17.6 Å². The Morgan fingerprint density at radius 2 is 2.19 bits per heavy atom. The van der Waals surface area contributed by atoms with Crippen molar-refractivity contribution in [2.24, 2.45) is 0 Å². The first-order valence-electron chi connectivity index (χ1n) is 6.99. The zero-order valence-corrected chi connectivity index (χ0v) is 12.9. The van der Waals surface area contributed by atoms with E-state index in [4.69, 9.17) is 16.3 Å². The molecule has 1 saturated heterocycles. The second-order valence-corrected chi connectivity index (χ2v) is 6.04. The average molecular weight is 302 g/mol. The van der Waals surface area contributed by atoms with E-state index in [-0.39, 0.29) is 25.0 Å². The number of ether oxygens (including phenoxy) is 1. The van der Waals surface area contributed by atoms with Crippen LogP contribution in [0.3, 0.4) is 0 Å². The summed E-state index contributed by atoms with van der Waals surface area (Å²) in [6, 6.07) is 7.29. The maximum absolute atomic E-state index is 11.4. The van der Waals surface area contributed by atoms with Gasteiger partial charge in [-0.15, -0.1) is 0 Å². The molecule has 0 amide bonds. The van der Waals surface area contributed by atoms with E-state index in [1.54, 1.807) is 12.1 Å². The van der Waals surface area contributed by atoms with Crippen molar-refractivity contribution in [1.29, 1.82) is 0 Å². The number of carboxylic acids is 1. The Morgan fingerprint density at radius 1 is 1.43 bits per heavy atom. The molecular formula is C15H17ClLiNO3. The molecule has 1 aliphatic carbocycles. The van der Waals surface area contributed by atoms with Crippen molar-refractivity contribution in [3.8, 4) is 5.75 Å². The number of carbonyl (C=O) groups excluding carboxylic acids is 1. The Labute approximate surface area is 141 Å². The molecule has 3 rings (SSSR count). The maximum atomic E-state index is 11.4. The number of benzene rings is 1. The van der Waals surface area contributed by atoms with Crippen molar-refractivity contribution in [3.05, 3.63) is 29.3 Å². The van der Waals surface area contributed by atoms with Crippen molar-refractivity contribution in [2.75, 3.05) is 13.1 Å². The van der Waals surface area contributed by atoms with Crippen LogP contribution in [-0.4, -0.2) is 35.6 Å². The Kier molecular flexibility index (Phi) is 5.27. The minimum absolute atomic E-state index is 0. The maximum Gasteiger partial charge on any atom is 1.00 e. The Hall–Kier alpha value is -0.663. The molecule has 0 radical (unpaired) electrons. The summed E-state index contributed by atoms with van der Waals surface area (Å²) in [6.07, 6.45) is 3.20. The zero-order valence-electron chi connectivity index (χ0n) is 12.2. The molecule has 1 heterocycles. The van der Waals surface area contributed by atoms with Gasteiger partial charge in [0.05, 0.1) is 11.5 Å². The molecule has 0 unspecified atom stereocenters. The van der Waals surface area contributed by atoms with Gasteiger partial charge in [0.2, 0.25) is 0 Å². The predicted octanol–water partition coefficient (Wildman–Crippen LogP) is -1.53. The van der Waals surface area contributed by atoms with Gasteiger partial charge in [-0.1, -0.05) is 17.7 Å². The Bertz CT molecular complexity index is 521. The fourth-order valence-corrected chi connectivity index (χ4v) is 3.29. The van der Waals surface area contributed by atoms with Crippen molar-refractivity contribution < 1.29 is 33.5 Å². The van der Waals surface area contributed by atoms with E-state index in [1.165, 1.54) is 0 Å². The quantitative estimate of drug-likeness (QED) is 0.633. The second-order valence-electron chi connectivity index (χ2n) is 5.60. The topological polar surface area (TPSA) is 52.6 Å². The van der Waals surface area contributed by atoms with E-state index in [1.807, 2.05) is 17.0 Å². The summed E-state index contributed by atoms with van der Waals surface area (Å²) in [7, 11) is 0. The molecule has 0 bridgehead atoms. The number of halogens is 1. The number of carboxylic acid groups (broad SMARTS) is 1. The van der Waals surface area contributed by atoms with Crippen LogP contribution in [0.25, 0.3) is 0 Å². The van der Waals surface area contributed by atoms with Crippen molar-refractivity contribution in [1.82, 2.24) is 4.90 Å². The second kappa shape index (κ2) is 6.62. The molecule has 0 aromatic heterocycles. The Balaban J connectivity index is 0.00000161. The van der Waals surface area contributed by atoms with E-state index in [9.17, 15) is 9.90 Å². The van der Waals surface area contributed by atoms with Gasteiger partial charge >= 0.3 is 18.9 Å². The van der Waals surface area contributed by atoms with Crippen LogP contribution in [0.2, 0.25) is 5.02 Å². The summed E-state index contributed by atoms with van der Waals surface area (Å²) in [5, 5.41) is 12.0. The summed E-state index contributed by atoms with van der Waals surface area (Å²) in [5.41, 5.74) is -0.744. The molecule has 108 valence electrons. The number of hydrogen-bond acceptors (Lipinski definition) is 4. The van der Waals surface area contributed by atoms with Gasteiger partial charge in [0, 0.05) is 18.1 Å². The van der Waals surface area contributed by atoms with Gasteiger partial charge in [-0.2, -0.15) is 0 Å². The molecule has 0 spiro atoms. The molecule has 0 N–H and O–H groups in total. The molecule has 21 heavy (non-hydrogen) atoms. The van der Waals surface area contributed by atoms with E-state index in [0.29, 0.717) is 24.4 Å². The van der Waals surface area contributed by atoms with Gasteiger partial charge in [0.15, 0.2) is 0 Å². The van der Waals surface area contributed by atoms with Gasteiger partial charge in [-0.25, -0.2) is 0 Å². The number of rotatable bonds is 4. The SMILES string of the molecule is O=C([O-])C1(N2CC[C@@H](Oc3cccc(Cl)c3)C2)CCC1.[Li+]. The minimum atomic E-state index is -0.938. The monoisotopic (exact) mass is 301 g/mol. The summed E-state index contributed by atoms with van der Waals surface area (Å²) in [5.74, 6) is -0.201. The van der Waals surface area contributed by atoms with E-state index >= 15 is 0 Å². The van der Waals surface area contributed by atoms with Crippen LogP contribution in [0.5, 0.6) is 5.75 Å². The van der Waals surface area contributed by atoms with Crippen LogP contribution in [0.1, 0.15) is 25.7 Å². The van der Waals surface area contributed by atoms with Crippen molar-refractivity contribution in [3.63, 3.8) is 0 Å². The van der Waals surface area contributed by atoms with Crippen LogP contribution in [0, 0.1) is 0 Å². The van der Waals surface area contributed by atoms with Crippen molar-refractivity contribution in [2.45, 2.75) is 37.3 Å². The molecule has 2 fully saturated rings. The standard InChI is InChI=1S/C15H18ClNO3.Li/c16-11-3-1-4-12(9-11)20-13-5-8-17(10-13)15(14(18)19)6-2-7-15;/h1,3-4,9,13H,2,5-8,10H2,(H,18,19);/q;+1/p-1/t13-;/m1./s1. The Morgan fingerprint density at radius 3 is 2.76 bits per heavy atom. The molecule has 1 aliphatic heterocycles. The molecule has 6 heteroatoms. The summed E-state index contributed by atoms with van der Waals surface area (Å²) < 4.78 is 5.89. The van der Waals surface area contributed by atoms with E-state index in [2.05, 4.69) is 0 Å². The predicted molar refractivity (Wildman–Crippen MR) is 73.6 cm³/mol. The third-order valence-corrected chi connectivity index (χ3v) is 4.64. The summed E-state index contributed by atoms with van der Waals surface area (Å²) in [6.45, 7) is 1.39. The van der Waals surface area contributed by atoms with Crippen LogP contribution < -0.4 is 28.7 Å². The molecule has 1 aromatic carbocycles. The average Bonchev–Trinajstić information content (AvgIpc) is 2.75. The molecule has 1 atom stereocenters. The summed E-state index contributed by atoms with van der Waals surface area (Å²) in [4.78, 5) is 13.4. The minimum Gasteiger partial charge on any atom is -0.548 e. The van der Waals surface area contributed by atoms with Gasteiger partial charge in [-0.05, 0) is 43.9 Å². The zero-order chi connectivity index (χ0) is 14.2. The fraction of sp³-hybridized carbons (Fsp3) is 0.533.